The molecule has 1 aromatic carbocycles. The molecule has 0 atom stereocenters. The van der Waals surface area contributed by atoms with Crippen molar-refractivity contribution in [1.82, 2.24) is 4.57 Å². The fraction of sp³-hybridized carbons (Fsp3) is 0.200. The largest absolute Gasteiger partial charge is 0.505 e. The summed E-state index contributed by atoms with van der Waals surface area (Å²) in [6, 6.07) is 0.379. The Bertz CT molecular complexity index is 1120. The van der Waals surface area contributed by atoms with Crippen molar-refractivity contribution in [2.75, 3.05) is 0 Å². The van der Waals surface area contributed by atoms with E-state index in [2.05, 4.69) is 0 Å². The number of nitrogens with two attached hydrogens (primary N) is 1. The summed E-state index contributed by atoms with van der Waals surface area (Å²) in [5.41, 5.74) is 3.93. The third kappa shape index (κ3) is 1.81. The van der Waals surface area contributed by atoms with Crippen LogP contribution in [0.15, 0.2) is 10.9 Å². The Balaban J connectivity index is 2.33. The molecular formula is C15H9F3N2O3S. The highest BCUT2D eigenvalue weighted by Gasteiger charge is 2.33. The summed E-state index contributed by atoms with van der Waals surface area (Å²) in [4.78, 5) is 23.9. The van der Waals surface area contributed by atoms with Gasteiger partial charge in [-0.3, -0.25) is 9.59 Å². The van der Waals surface area contributed by atoms with Crippen molar-refractivity contribution in [2.24, 2.45) is 5.73 Å². The number of benzene rings is 1. The molecule has 3 aromatic rings. The lowest BCUT2D eigenvalue weighted by atomic mass is 10.1. The number of carbonyl (C=O) groups is 1. The number of nitrogens with zero attached hydrogens (tertiary/aromatic N) is 1. The molecule has 24 heavy (non-hydrogen) atoms. The van der Waals surface area contributed by atoms with Crippen LogP contribution >= 0.6 is 11.3 Å². The summed E-state index contributed by atoms with van der Waals surface area (Å²) in [6.45, 7) is 0. The quantitative estimate of drug-likeness (QED) is 0.694. The van der Waals surface area contributed by atoms with Gasteiger partial charge in [0.25, 0.3) is 5.91 Å². The first-order valence-corrected chi connectivity index (χ1v) is 7.81. The second-order valence-corrected chi connectivity index (χ2v) is 6.64. The molecule has 0 spiro atoms. The summed E-state index contributed by atoms with van der Waals surface area (Å²) in [5.74, 6) is -6.20. The molecule has 9 heteroatoms. The molecule has 0 saturated heterocycles. The average Bonchev–Trinajstić information content (AvgIpc) is 3.29. The van der Waals surface area contributed by atoms with Gasteiger partial charge in [-0.1, -0.05) is 0 Å². The number of carbonyl (C=O) groups excluding carboxylic acids is 1. The highest BCUT2D eigenvalue weighted by atomic mass is 32.1. The number of halogens is 3. The van der Waals surface area contributed by atoms with E-state index >= 15 is 0 Å². The Kier molecular flexibility index (Phi) is 2.96. The molecule has 3 N–H and O–H groups in total. The van der Waals surface area contributed by atoms with E-state index in [1.165, 1.54) is 4.57 Å². The number of aromatic nitrogens is 1. The number of aromatic hydroxyl groups is 1. The zero-order valence-corrected chi connectivity index (χ0v) is 12.7. The van der Waals surface area contributed by atoms with Gasteiger partial charge in [-0.25, -0.2) is 13.2 Å². The van der Waals surface area contributed by atoms with Crippen molar-refractivity contribution in [1.29, 1.82) is 0 Å². The summed E-state index contributed by atoms with van der Waals surface area (Å²) in [5, 5.41) is 9.52. The summed E-state index contributed by atoms with van der Waals surface area (Å²) < 4.78 is 43.0. The minimum Gasteiger partial charge on any atom is -0.505 e. The number of hydrogen-bond donors (Lipinski definition) is 2. The maximum Gasteiger partial charge on any atom is 0.262 e. The van der Waals surface area contributed by atoms with Gasteiger partial charge in [-0.2, -0.15) is 0 Å². The van der Waals surface area contributed by atoms with Crippen LogP contribution in [0.2, 0.25) is 0 Å². The van der Waals surface area contributed by atoms with Crippen LogP contribution in [0.3, 0.4) is 0 Å². The maximum atomic E-state index is 14.4. The van der Waals surface area contributed by atoms with Crippen molar-refractivity contribution in [3.63, 3.8) is 0 Å². The SMILES string of the molecule is NC(=O)c1sc2c(c1O)c(=O)c1cc(F)c(F)c(F)c1n2C1CC1. The lowest BCUT2D eigenvalue weighted by Gasteiger charge is -2.13. The summed E-state index contributed by atoms with van der Waals surface area (Å²) in [7, 11) is 0. The van der Waals surface area contributed by atoms with E-state index in [4.69, 9.17) is 5.73 Å². The number of hydrogen-bond acceptors (Lipinski definition) is 4. The van der Waals surface area contributed by atoms with Crippen LogP contribution in [0.5, 0.6) is 5.75 Å². The van der Waals surface area contributed by atoms with Gasteiger partial charge < -0.3 is 15.4 Å². The summed E-state index contributed by atoms with van der Waals surface area (Å²) in [6.07, 6.45) is 1.30. The molecule has 1 saturated carbocycles. The molecule has 0 unspecified atom stereocenters. The molecule has 2 aromatic heterocycles. The number of thiophene rings is 1. The minimum absolute atomic E-state index is 0.117. The van der Waals surface area contributed by atoms with Gasteiger partial charge in [0, 0.05) is 6.04 Å². The van der Waals surface area contributed by atoms with Crippen LogP contribution in [0, 0.1) is 17.5 Å². The van der Waals surface area contributed by atoms with Crippen molar-refractivity contribution in [3.8, 4) is 5.75 Å². The van der Waals surface area contributed by atoms with E-state index < -0.39 is 39.9 Å². The van der Waals surface area contributed by atoms with E-state index in [0.29, 0.717) is 18.9 Å². The molecule has 2 heterocycles. The third-order valence-electron chi connectivity index (χ3n) is 4.07. The smallest absolute Gasteiger partial charge is 0.262 e. The fourth-order valence-electron chi connectivity index (χ4n) is 2.86. The van der Waals surface area contributed by atoms with E-state index in [0.717, 1.165) is 11.3 Å². The highest BCUT2D eigenvalue weighted by molar-refractivity contribution is 7.21. The van der Waals surface area contributed by atoms with Gasteiger partial charge in [-0.05, 0) is 18.9 Å². The first-order valence-electron chi connectivity index (χ1n) is 6.99. The normalized spacial score (nSPS) is 14.6. The predicted octanol–water partition coefficient (Wildman–Crippen LogP) is 2.77. The second kappa shape index (κ2) is 4.73. The number of rotatable bonds is 2. The second-order valence-electron chi connectivity index (χ2n) is 5.64. The molecule has 0 radical (unpaired) electrons. The molecule has 124 valence electrons. The first-order chi connectivity index (χ1) is 11.3. The number of fused-ring (bicyclic) bond motifs is 2. The van der Waals surface area contributed by atoms with E-state index in [1.807, 2.05) is 0 Å². The molecular weight excluding hydrogens is 345 g/mol. The topological polar surface area (TPSA) is 85.3 Å². The van der Waals surface area contributed by atoms with Crippen LogP contribution < -0.4 is 11.2 Å². The lowest BCUT2D eigenvalue weighted by Crippen LogP contribution is -2.12. The molecule has 0 aliphatic heterocycles. The predicted molar refractivity (Wildman–Crippen MR) is 81.9 cm³/mol. The molecule has 1 amide bonds. The Morgan fingerprint density at radius 3 is 2.54 bits per heavy atom. The minimum atomic E-state index is -1.67. The van der Waals surface area contributed by atoms with Gasteiger partial charge in [0.2, 0.25) is 5.43 Å². The molecule has 0 bridgehead atoms. The molecule has 4 rings (SSSR count). The van der Waals surface area contributed by atoms with E-state index in [1.54, 1.807) is 0 Å². The van der Waals surface area contributed by atoms with Gasteiger partial charge in [-0.15, -0.1) is 11.3 Å². The van der Waals surface area contributed by atoms with Gasteiger partial charge in [0.05, 0.1) is 10.9 Å². The highest BCUT2D eigenvalue weighted by Crippen LogP contribution is 2.44. The van der Waals surface area contributed by atoms with Crippen molar-refractivity contribution in [2.45, 2.75) is 18.9 Å². The van der Waals surface area contributed by atoms with Crippen molar-refractivity contribution >= 4 is 38.4 Å². The fourth-order valence-corrected chi connectivity index (χ4v) is 3.99. The number of primary amides is 1. The zero-order valence-electron chi connectivity index (χ0n) is 11.9. The number of pyridine rings is 1. The monoisotopic (exact) mass is 354 g/mol. The molecule has 1 aliphatic carbocycles. The van der Waals surface area contributed by atoms with Crippen LogP contribution in [-0.4, -0.2) is 15.6 Å². The lowest BCUT2D eigenvalue weighted by molar-refractivity contribution is 0.100. The third-order valence-corrected chi connectivity index (χ3v) is 5.26. The van der Waals surface area contributed by atoms with E-state index in [9.17, 15) is 27.9 Å². The van der Waals surface area contributed by atoms with Crippen LogP contribution in [0.4, 0.5) is 13.2 Å². The Labute approximate surface area is 135 Å². The average molecular weight is 354 g/mol. The van der Waals surface area contributed by atoms with Crippen LogP contribution in [0.1, 0.15) is 28.6 Å². The van der Waals surface area contributed by atoms with E-state index in [-0.39, 0.29) is 26.7 Å². The van der Waals surface area contributed by atoms with Gasteiger partial charge >= 0.3 is 0 Å². The van der Waals surface area contributed by atoms with Gasteiger partial charge in [0.15, 0.2) is 23.2 Å². The summed E-state index contributed by atoms with van der Waals surface area (Å²) >= 11 is 0.730. The number of amides is 1. The molecule has 1 fully saturated rings. The zero-order chi connectivity index (χ0) is 17.3. The Morgan fingerprint density at radius 1 is 1.29 bits per heavy atom. The molecule has 5 nitrogen and oxygen atoms in total. The van der Waals surface area contributed by atoms with Crippen molar-refractivity contribution < 1.29 is 23.1 Å². The molecule has 1 aliphatic rings. The van der Waals surface area contributed by atoms with Crippen molar-refractivity contribution in [3.05, 3.63) is 38.6 Å². The first kappa shape index (κ1) is 15.0. The standard InChI is InChI=1S/C15H9F3N2O3S/c16-6-3-5-10(9(18)8(6)17)20(4-1-2-4)15-7(11(5)21)12(22)13(24-15)14(19)23/h3-4,22H,1-2H2,(H2,19,23). The van der Waals surface area contributed by atoms with Gasteiger partial charge in [0.1, 0.15) is 15.1 Å². The van der Waals surface area contributed by atoms with Crippen LogP contribution in [-0.2, 0) is 0 Å². The maximum absolute atomic E-state index is 14.4. The Hall–Kier alpha value is -2.55. The Morgan fingerprint density at radius 2 is 1.96 bits per heavy atom. The van der Waals surface area contributed by atoms with Crippen LogP contribution in [0.25, 0.3) is 21.1 Å².